The largest absolute Gasteiger partial charge is 0.480 e. The molecule has 0 aliphatic heterocycles. The fourth-order valence-electron chi connectivity index (χ4n) is 3.34. The molecule has 1 unspecified atom stereocenters. The summed E-state index contributed by atoms with van der Waals surface area (Å²) in [4.78, 5) is 38.4. The van der Waals surface area contributed by atoms with Crippen LogP contribution in [0.2, 0.25) is 0 Å². The predicted molar refractivity (Wildman–Crippen MR) is 117 cm³/mol. The number of aliphatic carboxylic acids is 1. The zero-order valence-electron chi connectivity index (χ0n) is 17.8. The van der Waals surface area contributed by atoms with Gasteiger partial charge in [0.25, 0.3) is 0 Å². The molecule has 2 aromatic carbocycles. The third kappa shape index (κ3) is 7.22. The fourth-order valence-corrected chi connectivity index (χ4v) is 3.34. The number of carbonyl (C=O) groups excluding carboxylic acids is 2. The van der Waals surface area contributed by atoms with Gasteiger partial charge < -0.3 is 20.5 Å². The molecule has 31 heavy (non-hydrogen) atoms. The molecule has 0 fully saturated rings. The number of ether oxygens (including phenoxy) is 1. The SMILES string of the molecule is CCCCCN(C(=O)CN)C(Cc1ccccc1C(=O)OCc1ccccc1)C(=O)O. The number of amides is 1. The Bertz CT molecular complexity index is 869. The summed E-state index contributed by atoms with van der Waals surface area (Å²) in [5.74, 6) is -2.09. The van der Waals surface area contributed by atoms with Crippen molar-refractivity contribution in [3.63, 3.8) is 0 Å². The van der Waals surface area contributed by atoms with Crippen LogP contribution in [0.15, 0.2) is 54.6 Å². The van der Waals surface area contributed by atoms with E-state index in [1.54, 1.807) is 24.3 Å². The van der Waals surface area contributed by atoms with Gasteiger partial charge in [-0.2, -0.15) is 0 Å². The average molecular weight is 427 g/mol. The highest BCUT2D eigenvalue weighted by Gasteiger charge is 2.30. The molecule has 0 bridgehead atoms. The van der Waals surface area contributed by atoms with Crippen molar-refractivity contribution in [2.75, 3.05) is 13.1 Å². The zero-order valence-corrected chi connectivity index (χ0v) is 17.8. The van der Waals surface area contributed by atoms with Crippen LogP contribution in [0.25, 0.3) is 0 Å². The second-order valence-electron chi connectivity index (χ2n) is 7.28. The Kier molecular flexibility index (Phi) is 9.71. The van der Waals surface area contributed by atoms with E-state index in [1.807, 2.05) is 37.3 Å². The van der Waals surface area contributed by atoms with Crippen molar-refractivity contribution in [1.82, 2.24) is 4.90 Å². The molecule has 0 saturated heterocycles. The smallest absolute Gasteiger partial charge is 0.338 e. The van der Waals surface area contributed by atoms with Crippen molar-refractivity contribution in [3.05, 3.63) is 71.3 Å². The highest BCUT2D eigenvalue weighted by atomic mass is 16.5. The minimum absolute atomic E-state index is 0.0101. The van der Waals surface area contributed by atoms with E-state index in [2.05, 4.69) is 0 Å². The highest BCUT2D eigenvalue weighted by Crippen LogP contribution is 2.18. The van der Waals surface area contributed by atoms with Crippen LogP contribution in [0.1, 0.15) is 47.7 Å². The Hall–Kier alpha value is -3.19. The summed E-state index contributed by atoms with van der Waals surface area (Å²) in [6.07, 6.45) is 2.50. The molecule has 0 aliphatic rings. The summed E-state index contributed by atoms with van der Waals surface area (Å²) in [6.45, 7) is 2.18. The molecule has 7 nitrogen and oxygen atoms in total. The molecule has 0 radical (unpaired) electrons. The molecule has 2 rings (SSSR count). The van der Waals surface area contributed by atoms with Crippen LogP contribution in [0, 0.1) is 0 Å². The zero-order chi connectivity index (χ0) is 22.6. The first-order valence-electron chi connectivity index (χ1n) is 10.5. The molecule has 0 spiro atoms. The van der Waals surface area contributed by atoms with Crippen LogP contribution >= 0.6 is 0 Å². The Morgan fingerprint density at radius 2 is 1.71 bits per heavy atom. The summed E-state index contributed by atoms with van der Waals surface area (Å²) in [5.41, 5.74) is 7.18. The van der Waals surface area contributed by atoms with Crippen molar-refractivity contribution >= 4 is 17.8 Å². The maximum atomic E-state index is 12.7. The number of unbranched alkanes of at least 4 members (excludes halogenated alkanes) is 2. The van der Waals surface area contributed by atoms with Gasteiger partial charge in [0.2, 0.25) is 5.91 Å². The molecule has 1 atom stereocenters. The van der Waals surface area contributed by atoms with E-state index in [-0.39, 0.29) is 19.6 Å². The molecular formula is C24H30N2O5. The molecule has 0 aliphatic carbocycles. The van der Waals surface area contributed by atoms with E-state index in [4.69, 9.17) is 10.5 Å². The van der Waals surface area contributed by atoms with Crippen LogP contribution < -0.4 is 5.73 Å². The number of hydrogen-bond acceptors (Lipinski definition) is 5. The van der Waals surface area contributed by atoms with Gasteiger partial charge in [0, 0.05) is 13.0 Å². The monoisotopic (exact) mass is 426 g/mol. The van der Waals surface area contributed by atoms with E-state index in [9.17, 15) is 19.5 Å². The van der Waals surface area contributed by atoms with Gasteiger partial charge in [0.15, 0.2) is 0 Å². The molecule has 1 amide bonds. The Morgan fingerprint density at radius 1 is 1.03 bits per heavy atom. The van der Waals surface area contributed by atoms with E-state index in [0.717, 1.165) is 18.4 Å². The first-order chi connectivity index (χ1) is 15.0. The summed E-state index contributed by atoms with van der Waals surface area (Å²) in [6, 6.07) is 14.9. The number of rotatable bonds is 12. The number of nitrogens with zero attached hydrogens (tertiary/aromatic N) is 1. The van der Waals surface area contributed by atoms with Crippen LogP contribution in [0.3, 0.4) is 0 Å². The van der Waals surface area contributed by atoms with Gasteiger partial charge in [-0.1, -0.05) is 68.3 Å². The van der Waals surface area contributed by atoms with Crippen molar-refractivity contribution < 1.29 is 24.2 Å². The maximum absolute atomic E-state index is 12.7. The van der Waals surface area contributed by atoms with Crippen LogP contribution in [-0.2, 0) is 27.4 Å². The highest BCUT2D eigenvalue weighted by molar-refractivity contribution is 5.91. The van der Waals surface area contributed by atoms with Gasteiger partial charge in [0.05, 0.1) is 12.1 Å². The number of benzene rings is 2. The standard InChI is InChI=1S/C24H30N2O5/c1-2-3-9-14-26(22(27)16-25)21(23(28)29)15-19-12-7-8-13-20(19)24(30)31-17-18-10-5-4-6-11-18/h4-8,10-13,21H,2-3,9,14-17,25H2,1H3,(H,28,29). The van der Waals surface area contributed by atoms with Crippen molar-refractivity contribution in [2.24, 2.45) is 5.73 Å². The fraction of sp³-hybridized carbons (Fsp3) is 0.375. The second kappa shape index (κ2) is 12.5. The number of nitrogens with two attached hydrogens (primary N) is 1. The average Bonchev–Trinajstić information content (AvgIpc) is 2.79. The molecule has 0 aromatic heterocycles. The Labute approximate surface area is 182 Å². The van der Waals surface area contributed by atoms with Gasteiger partial charge in [0.1, 0.15) is 12.6 Å². The molecule has 166 valence electrons. The second-order valence-corrected chi connectivity index (χ2v) is 7.28. The molecule has 2 aromatic rings. The quantitative estimate of drug-likeness (QED) is 0.399. The lowest BCUT2D eigenvalue weighted by Crippen LogP contribution is -2.49. The lowest BCUT2D eigenvalue weighted by molar-refractivity contribution is -0.149. The number of carboxylic acids is 1. The predicted octanol–water partition coefficient (Wildman–Crippen LogP) is 3.02. The number of esters is 1. The molecule has 3 N–H and O–H groups in total. The Morgan fingerprint density at radius 3 is 2.35 bits per heavy atom. The minimum atomic E-state index is -1.13. The van der Waals surface area contributed by atoms with E-state index in [0.29, 0.717) is 24.1 Å². The van der Waals surface area contributed by atoms with E-state index >= 15 is 0 Å². The number of carbonyl (C=O) groups is 3. The topological polar surface area (TPSA) is 110 Å². The summed E-state index contributed by atoms with van der Waals surface area (Å²) < 4.78 is 5.42. The molecular weight excluding hydrogens is 396 g/mol. The van der Waals surface area contributed by atoms with Crippen LogP contribution in [-0.4, -0.2) is 47.0 Å². The lowest BCUT2D eigenvalue weighted by atomic mass is 9.98. The van der Waals surface area contributed by atoms with Gasteiger partial charge >= 0.3 is 11.9 Å². The maximum Gasteiger partial charge on any atom is 0.338 e. The molecule has 0 saturated carbocycles. The third-order valence-corrected chi connectivity index (χ3v) is 5.02. The normalized spacial score (nSPS) is 11.5. The summed E-state index contributed by atoms with van der Waals surface area (Å²) >= 11 is 0. The summed E-state index contributed by atoms with van der Waals surface area (Å²) in [7, 11) is 0. The minimum Gasteiger partial charge on any atom is -0.480 e. The van der Waals surface area contributed by atoms with Crippen molar-refractivity contribution in [2.45, 2.75) is 45.3 Å². The Balaban J connectivity index is 2.20. The number of hydrogen-bond donors (Lipinski definition) is 2. The lowest BCUT2D eigenvalue weighted by Gasteiger charge is -2.29. The van der Waals surface area contributed by atoms with Gasteiger partial charge in [-0.15, -0.1) is 0 Å². The number of carboxylic acid groups (broad SMARTS) is 1. The first kappa shape index (κ1) is 24.1. The van der Waals surface area contributed by atoms with E-state index < -0.39 is 23.9 Å². The van der Waals surface area contributed by atoms with Crippen molar-refractivity contribution in [1.29, 1.82) is 0 Å². The van der Waals surface area contributed by atoms with Gasteiger partial charge in [-0.3, -0.25) is 4.79 Å². The first-order valence-corrected chi connectivity index (χ1v) is 10.5. The van der Waals surface area contributed by atoms with Crippen molar-refractivity contribution in [3.8, 4) is 0 Å². The van der Waals surface area contributed by atoms with Gasteiger partial charge in [-0.25, -0.2) is 9.59 Å². The molecule has 7 heteroatoms. The molecule has 0 heterocycles. The third-order valence-electron chi connectivity index (χ3n) is 5.02. The van der Waals surface area contributed by atoms with Gasteiger partial charge in [-0.05, 0) is 23.6 Å². The van der Waals surface area contributed by atoms with Crippen LogP contribution in [0.4, 0.5) is 0 Å². The van der Waals surface area contributed by atoms with E-state index in [1.165, 1.54) is 4.90 Å². The van der Waals surface area contributed by atoms with Crippen LogP contribution in [0.5, 0.6) is 0 Å². The summed E-state index contributed by atoms with van der Waals surface area (Å²) in [5, 5.41) is 9.84.